The van der Waals surface area contributed by atoms with E-state index in [-0.39, 0.29) is 11.8 Å². The third-order valence-corrected chi connectivity index (χ3v) is 6.00. The van der Waals surface area contributed by atoms with Crippen molar-refractivity contribution in [3.8, 4) is 0 Å². The number of anilines is 1. The van der Waals surface area contributed by atoms with Crippen LogP contribution < -0.4 is 4.90 Å². The number of amides is 2. The lowest BCUT2D eigenvalue weighted by Gasteiger charge is -2.31. The van der Waals surface area contributed by atoms with Gasteiger partial charge in [-0.1, -0.05) is 23.7 Å². The van der Waals surface area contributed by atoms with Gasteiger partial charge in [0.25, 0.3) is 5.91 Å². The molecule has 2 heterocycles. The Morgan fingerprint density at radius 1 is 1.11 bits per heavy atom. The van der Waals surface area contributed by atoms with Crippen molar-refractivity contribution in [2.75, 3.05) is 37.0 Å². The number of carbonyl (C=O) groups is 2. The molecule has 2 aliphatic heterocycles. The first-order valence-electron chi connectivity index (χ1n) is 8.80. The standard InChI is InChI=1S/C20H19ClN2O3S/c21-16-4-1-14(2-5-16)12-23-17-11-15(3-6-18(17)27-13-19(23)24)20(25)22-7-9-26-10-8-22/h1-6,11H,7-10,12-13H2. The van der Waals surface area contributed by atoms with Crippen molar-refractivity contribution in [2.24, 2.45) is 0 Å². The molecule has 2 aromatic rings. The van der Waals surface area contributed by atoms with E-state index < -0.39 is 0 Å². The maximum Gasteiger partial charge on any atom is 0.254 e. The van der Waals surface area contributed by atoms with Crippen LogP contribution in [0.3, 0.4) is 0 Å². The Morgan fingerprint density at radius 3 is 2.59 bits per heavy atom. The number of benzene rings is 2. The summed E-state index contributed by atoms with van der Waals surface area (Å²) in [5, 5.41) is 0.665. The van der Waals surface area contributed by atoms with Gasteiger partial charge in [-0.05, 0) is 35.9 Å². The summed E-state index contributed by atoms with van der Waals surface area (Å²) in [4.78, 5) is 30.0. The van der Waals surface area contributed by atoms with Crippen LogP contribution in [0.15, 0.2) is 47.4 Å². The second-order valence-corrected chi connectivity index (χ2v) is 7.94. The topological polar surface area (TPSA) is 49.9 Å². The number of rotatable bonds is 3. The van der Waals surface area contributed by atoms with Crippen LogP contribution in [-0.4, -0.2) is 48.8 Å². The molecular weight excluding hydrogens is 384 g/mol. The zero-order valence-corrected chi connectivity index (χ0v) is 16.3. The molecule has 1 saturated heterocycles. The summed E-state index contributed by atoms with van der Waals surface area (Å²) in [6.45, 7) is 2.77. The SMILES string of the molecule is O=C(c1ccc2c(c1)N(Cc1ccc(Cl)cc1)C(=O)CS2)N1CCOCC1. The minimum atomic E-state index is -0.0180. The Hall–Kier alpha value is -2.02. The lowest BCUT2D eigenvalue weighted by atomic mass is 10.1. The van der Waals surface area contributed by atoms with Gasteiger partial charge in [0.15, 0.2) is 0 Å². The lowest BCUT2D eigenvalue weighted by molar-refractivity contribution is -0.116. The minimum Gasteiger partial charge on any atom is -0.378 e. The summed E-state index contributed by atoms with van der Waals surface area (Å²) in [7, 11) is 0. The lowest BCUT2D eigenvalue weighted by Crippen LogP contribution is -2.41. The van der Waals surface area contributed by atoms with Gasteiger partial charge in [-0.15, -0.1) is 11.8 Å². The van der Waals surface area contributed by atoms with Gasteiger partial charge in [0, 0.05) is 28.6 Å². The van der Waals surface area contributed by atoms with E-state index in [9.17, 15) is 9.59 Å². The minimum absolute atomic E-state index is 0.0180. The fraction of sp³-hybridized carbons (Fsp3) is 0.300. The van der Waals surface area contributed by atoms with Gasteiger partial charge >= 0.3 is 0 Å². The molecule has 140 valence electrons. The van der Waals surface area contributed by atoms with Gasteiger partial charge in [-0.2, -0.15) is 0 Å². The van der Waals surface area contributed by atoms with Gasteiger partial charge < -0.3 is 14.5 Å². The number of hydrogen-bond acceptors (Lipinski definition) is 4. The molecule has 7 heteroatoms. The summed E-state index contributed by atoms with van der Waals surface area (Å²) >= 11 is 7.47. The fourth-order valence-corrected chi connectivity index (χ4v) is 4.27. The first-order valence-corrected chi connectivity index (χ1v) is 10.2. The summed E-state index contributed by atoms with van der Waals surface area (Å²) in [6, 6.07) is 13.1. The molecule has 0 radical (unpaired) electrons. The molecule has 1 fully saturated rings. The average Bonchev–Trinajstić information content (AvgIpc) is 2.71. The summed E-state index contributed by atoms with van der Waals surface area (Å²) in [5.74, 6) is 0.422. The molecule has 2 amide bonds. The molecule has 2 aromatic carbocycles. The molecule has 0 atom stereocenters. The van der Waals surface area contributed by atoms with Crippen molar-refractivity contribution < 1.29 is 14.3 Å². The number of ether oxygens (including phenoxy) is 1. The number of hydrogen-bond donors (Lipinski definition) is 0. The Balaban J connectivity index is 1.62. The highest BCUT2D eigenvalue weighted by molar-refractivity contribution is 8.00. The molecule has 2 aliphatic rings. The number of morpholine rings is 1. The van der Waals surface area contributed by atoms with E-state index in [1.807, 2.05) is 42.5 Å². The van der Waals surface area contributed by atoms with Crippen LogP contribution in [0.1, 0.15) is 15.9 Å². The number of thioether (sulfide) groups is 1. The molecule has 5 nitrogen and oxygen atoms in total. The normalized spacial score (nSPS) is 17.0. The number of carbonyl (C=O) groups excluding carboxylic acids is 2. The molecule has 0 N–H and O–H groups in total. The van der Waals surface area contributed by atoms with Crippen LogP contribution in [0.25, 0.3) is 0 Å². The second-order valence-electron chi connectivity index (χ2n) is 6.48. The van der Waals surface area contributed by atoms with Crippen molar-refractivity contribution in [1.82, 2.24) is 4.90 Å². The van der Waals surface area contributed by atoms with Gasteiger partial charge in [0.1, 0.15) is 0 Å². The molecule has 0 bridgehead atoms. The van der Waals surface area contributed by atoms with Crippen LogP contribution in [0.4, 0.5) is 5.69 Å². The van der Waals surface area contributed by atoms with Crippen molar-refractivity contribution in [3.63, 3.8) is 0 Å². The predicted octanol–water partition coefficient (Wildman–Crippen LogP) is 3.45. The van der Waals surface area contributed by atoms with E-state index >= 15 is 0 Å². The van der Waals surface area contributed by atoms with Crippen LogP contribution >= 0.6 is 23.4 Å². The Bertz CT molecular complexity index is 866. The van der Waals surface area contributed by atoms with Crippen molar-refractivity contribution in [1.29, 1.82) is 0 Å². The molecule has 4 rings (SSSR count). The van der Waals surface area contributed by atoms with Gasteiger partial charge in [-0.25, -0.2) is 0 Å². The van der Waals surface area contributed by atoms with Crippen molar-refractivity contribution in [3.05, 3.63) is 58.6 Å². The van der Waals surface area contributed by atoms with Crippen LogP contribution in [-0.2, 0) is 16.1 Å². The van der Waals surface area contributed by atoms with Gasteiger partial charge in [-0.3, -0.25) is 9.59 Å². The molecular formula is C20H19ClN2O3S. The summed E-state index contributed by atoms with van der Waals surface area (Å²) in [6.07, 6.45) is 0. The van der Waals surface area contributed by atoms with E-state index in [0.29, 0.717) is 49.2 Å². The van der Waals surface area contributed by atoms with E-state index in [1.165, 1.54) is 11.8 Å². The highest BCUT2D eigenvalue weighted by Gasteiger charge is 2.27. The number of fused-ring (bicyclic) bond motifs is 1. The molecule has 0 spiro atoms. The van der Waals surface area contributed by atoms with Crippen molar-refractivity contribution >= 4 is 40.9 Å². The summed E-state index contributed by atoms with van der Waals surface area (Å²) in [5.41, 5.74) is 2.40. The van der Waals surface area contributed by atoms with Crippen molar-refractivity contribution in [2.45, 2.75) is 11.4 Å². The first kappa shape index (κ1) is 18.3. The average molecular weight is 403 g/mol. The van der Waals surface area contributed by atoms with Crippen LogP contribution in [0.2, 0.25) is 5.02 Å². The Labute approximate surface area is 167 Å². The molecule has 27 heavy (non-hydrogen) atoms. The molecule has 0 saturated carbocycles. The first-order chi connectivity index (χ1) is 13.1. The Kier molecular flexibility index (Phi) is 5.38. The van der Waals surface area contributed by atoms with Gasteiger partial charge in [0.2, 0.25) is 5.91 Å². The largest absolute Gasteiger partial charge is 0.378 e. The van der Waals surface area contributed by atoms with E-state index in [4.69, 9.17) is 16.3 Å². The van der Waals surface area contributed by atoms with E-state index in [0.717, 1.165) is 16.1 Å². The highest BCUT2D eigenvalue weighted by Crippen LogP contribution is 2.37. The molecule has 0 aliphatic carbocycles. The monoisotopic (exact) mass is 402 g/mol. The van der Waals surface area contributed by atoms with Crippen LogP contribution in [0.5, 0.6) is 0 Å². The Morgan fingerprint density at radius 2 is 1.85 bits per heavy atom. The van der Waals surface area contributed by atoms with E-state index in [1.54, 1.807) is 9.80 Å². The predicted molar refractivity (Wildman–Crippen MR) is 107 cm³/mol. The molecule has 0 aromatic heterocycles. The maximum atomic E-state index is 12.8. The van der Waals surface area contributed by atoms with Gasteiger partial charge in [0.05, 0.1) is 31.2 Å². The molecule has 0 unspecified atom stereocenters. The zero-order valence-electron chi connectivity index (χ0n) is 14.7. The third kappa shape index (κ3) is 3.98. The number of nitrogens with zero attached hydrogens (tertiary/aromatic N) is 2. The third-order valence-electron chi connectivity index (χ3n) is 4.70. The fourth-order valence-electron chi connectivity index (χ4n) is 3.23. The zero-order chi connectivity index (χ0) is 18.8. The van der Waals surface area contributed by atoms with Crippen LogP contribution in [0, 0.1) is 0 Å². The highest BCUT2D eigenvalue weighted by atomic mass is 35.5. The quantitative estimate of drug-likeness (QED) is 0.789. The smallest absolute Gasteiger partial charge is 0.254 e. The number of halogens is 1. The second kappa shape index (κ2) is 7.92. The maximum absolute atomic E-state index is 12.8. The summed E-state index contributed by atoms with van der Waals surface area (Å²) < 4.78 is 5.32. The van der Waals surface area contributed by atoms with E-state index in [2.05, 4.69) is 0 Å².